The number of anilines is 1. The molecule has 0 saturated carbocycles. The van der Waals surface area contributed by atoms with Gasteiger partial charge in [0.1, 0.15) is 17.3 Å². The molecule has 3 rings (SSSR count). The summed E-state index contributed by atoms with van der Waals surface area (Å²) in [6, 6.07) is 5.02. The van der Waals surface area contributed by atoms with E-state index in [0.29, 0.717) is 18.3 Å². The molecule has 152 valence electrons. The Kier molecular flexibility index (Phi) is 6.97. The van der Waals surface area contributed by atoms with Crippen LogP contribution in [0, 0.1) is 5.92 Å². The normalized spacial score (nSPS) is 22.7. The minimum absolute atomic E-state index is 0.202. The zero-order valence-corrected chi connectivity index (χ0v) is 17.1. The molecule has 2 N–H and O–H groups in total. The third-order valence-electron chi connectivity index (χ3n) is 4.83. The van der Waals surface area contributed by atoms with Crippen molar-refractivity contribution in [2.75, 3.05) is 51.3 Å². The lowest BCUT2D eigenvalue weighted by Gasteiger charge is -2.26. The van der Waals surface area contributed by atoms with Crippen LogP contribution >= 0.6 is 0 Å². The van der Waals surface area contributed by atoms with Gasteiger partial charge >= 0.3 is 0 Å². The summed E-state index contributed by atoms with van der Waals surface area (Å²) in [5.41, 5.74) is 0.883. The molecule has 0 spiro atoms. The maximum absolute atomic E-state index is 12.6. The summed E-state index contributed by atoms with van der Waals surface area (Å²) in [5, 5.41) is 3.37. The van der Waals surface area contributed by atoms with Gasteiger partial charge in [0.05, 0.1) is 19.3 Å². The summed E-state index contributed by atoms with van der Waals surface area (Å²) in [4.78, 5) is 2.62. The fourth-order valence-corrected chi connectivity index (χ4v) is 4.87. The lowest BCUT2D eigenvalue weighted by molar-refractivity contribution is 0.0378. The van der Waals surface area contributed by atoms with Crippen molar-refractivity contribution in [1.82, 2.24) is 9.62 Å². The molecule has 1 saturated heterocycles. The average molecular weight is 398 g/mol. The number of hydrogen-bond acceptors (Lipinski definition) is 6. The highest BCUT2D eigenvalue weighted by atomic mass is 32.2. The van der Waals surface area contributed by atoms with Crippen molar-refractivity contribution in [3.8, 4) is 5.75 Å². The third kappa shape index (κ3) is 5.81. The first-order valence-electron chi connectivity index (χ1n) is 9.77. The van der Waals surface area contributed by atoms with E-state index in [4.69, 9.17) is 9.47 Å². The Bertz CT molecular complexity index is 718. The monoisotopic (exact) mass is 397 g/mol. The smallest absolute Gasteiger partial charge is 0.244 e. The number of fused-ring (bicyclic) bond motifs is 1. The summed E-state index contributed by atoms with van der Waals surface area (Å²) >= 11 is 0. The van der Waals surface area contributed by atoms with E-state index in [9.17, 15) is 8.42 Å². The second kappa shape index (κ2) is 9.23. The fourth-order valence-electron chi connectivity index (χ4n) is 3.51. The lowest BCUT2D eigenvalue weighted by Crippen LogP contribution is -2.37. The number of morpholine rings is 1. The maximum Gasteiger partial charge on any atom is 0.244 e. The number of nitrogens with one attached hydrogen (secondary N) is 2. The van der Waals surface area contributed by atoms with Crippen molar-refractivity contribution in [3.05, 3.63) is 18.2 Å². The number of benzene rings is 1. The van der Waals surface area contributed by atoms with Gasteiger partial charge in [-0.2, -0.15) is 0 Å². The van der Waals surface area contributed by atoms with Crippen LogP contribution < -0.4 is 14.8 Å². The molecule has 2 heterocycles. The van der Waals surface area contributed by atoms with Crippen LogP contribution in [0.3, 0.4) is 0 Å². The first-order valence-corrected chi connectivity index (χ1v) is 11.3. The summed E-state index contributed by atoms with van der Waals surface area (Å²) in [6.45, 7) is 9.99. The highest BCUT2D eigenvalue weighted by Gasteiger charge is 2.28. The number of nitrogens with zero attached hydrogens (tertiary/aromatic N) is 1. The Hall–Kier alpha value is -1.35. The van der Waals surface area contributed by atoms with Gasteiger partial charge in [-0.05, 0) is 37.4 Å². The maximum atomic E-state index is 12.6. The zero-order chi connectivity index (χ0) is 19.3. The van der Waals surface area contributed by atoms with Crippen LogP contribution in [0.2, 0.25) is 0 Å². The van der Waals surface area contributed by atoms with Gasteiger partial charge in [0.2, 0.25) is 10.0 Å². The van der Waals surface area contributed by atoms with Crippen molar-refractivity contribution >= 4 is 15.7 Å². The van der Waals surface area contributed by atoms with Crippen molar-refractivity contribution in [2.45, 2.75) is 37.6 Å². The van der Waals surface area contributed by atoms with Crippen LogP contribution in [0.1, 0.15) is 26.7 Å². The Morgan fingerprint density at radius 1 is 1.30 bits per heavy atom. The molecule has 27 heavy (non-hydrogen) atoms. The molecule has 8 heteroatoms. The number of hydrogen-bond donors (Lipinski definition) is 2. The molecule has 0 amide bonds. The third-order valence-corrected chi connectivity index (χ3v) is 6.39. The van der Waals surface area contributed by atoms with E-state index in [2.05, 4.69) is 28.8 Å². The van der Waals surface area contributed by atoms with E-state index in [0.717, 1.165) is 57.9 Å². The molecule has 1 atom stereocenters. The Morgan fingerprint density at radius 2 is 2.07 bits per heavy atom. The molecular weight excluding hydrogens is 366 g/mol. The largest absolute Gasteiger partial charge is 0.490 e. The molecule has 0 bridgehead atoms. The molecule has 0 radical (unpaired) electrons. The predicted octanol–water partition coefficient (Wildman–Crippen LogP) is 1.91. The van der Waals surface area contributed by atoms with Crippen molar-refractivity contribution < 1.29 is 17.9 Å². The molecule has 0 aliphatic carbocycles. The molecule has 2 aliphatic rings. The molecule has 1 aromatic carbocycles. The van der Waals surface area contributed by atoms with Crippen LogP contribution in [0.15, 0.2) is 23.1 Å². The van der Waals surface area contributed by atoms with Gasteiger partial charge in [0.15, 0.2) is 0 Å². The topological polar surface area (TPSA) is 79.9 Å². The van der Waals surface area contributed by atoms with Gasteiger partial charge < -0.3 is 14.8 Å². The molecule has 1 aromatic rings. The van der Waals surface area contributed by atoms with Crippen LogP contribution in [0.5, 0.6) is 5.75 Å². The number of rotatable bonds is 7. The van der Waals surface area contributed by atoms with Crippen LogP contribution in [0.25, 0.3) is 0 Å². The minimum Gasteiger partial charge on any atom is -0.490 e. The zero-order valence-electron chi connectivity index (χ0n) is 16.2. The van der Waals surface area contributed by atoms with E-state index in [1.165, 1.54) is 0 Å². The van der Waals surface area contributed by atoms with E-state index in [1.807, 2.05) is 0 Å². The fraction of sp³-hybridized carbons (Fsp3) is 0.684. The average Bonchev–Trinajstić information content (AvgIpc) is 2.75. The summed E-state index contributed by atoms with van der Waals surface area (Å²) in [6.07, 6.45) is 1.77. The quantitative estimate of drug-likeness (QED) is 0.684. The van der Waals surface area contributed by atoms with Crippen LogP contribution in [-0.2, 0) is 14.8 Å². The first kappa shape index (κ1) is 20.4. The standard InChI is InChI=1S/C19H31N3O4S/c1-15(2)12-17-14-26-18-13-16(4-5-19(18)27(23,24)21-17)20-6-3-7-22-8-10-25-11-9-22/h4-5,13,15,17,20-21H,3,6-12,14H2,1-2H3. The molecule has 1 unspecified atom stereocenters. The Balaban J connectivity index is 1.57. The van der Waals surface area contributed by atoms with Crippen molar-refractivity contribution in [2.24, 2.45) is 5.92 Å². The van der Waals surface area contributed by atoms with Gasteiger partial charge in [0.25, 0.3) is 0 Å². The highest BCUT2D eigenvalue weighted by molar-refractivity contribution is 7.89. The predicted molar refractivity (Wildman–Crippen MR) is 106 cm³/mol. The summed E-state index contributed by atoms with van der Waals surface area (Å²) in [5.74, 6) is 0.818. The Morgan fingerprint density at radius 3 is 2.81 bits per heavy atom. The highest BCUT2D eigenvalue weighted by Crippen LogP contribution is 2.30. The van der Waals surface area contributed by atoms with Crippen molar-refractivity contribution in [1.29, 1.82) is 0 Å². The molecule has 1 fully saturated rings. The van der Waals surface area contributed by atoms with Crippen molar-refractivity contribution in [3.63, 3.8) is 0 Å². The number of sulfonamides is 1. The molecule has 7 nitrogen and oxygen atoms in total. The van der Waals surface area contributed by atoms with Gasteiger partial charge in [-0.25, -0.2) is 13.1 Å². The van der Waals surface area contributed by atoms with E-state index >= 15 is 0 Å². The summed E-state index contributed by atoms with van der Waals surface area (Å²) < 4.78 is 39.2. The molecule has 0 aromatic heterocycles. The van der Waals surface area contributed by atoms with Gasteiger partial charge in [0, 0.05) is 31.4 Å². The molecule has 2 aliphatic heterocycles. The van der Waals surface area contributed by atoms with E-state index in [-0.39, 0.29) is 10.9 Å². The minimum atomic E-state index is -3.55. The van der Waals surface area contributed by atoms with E-state index in [1.54, 1.807) is 18.2 Å². The van der Waals surface area contributed by atoms with Gasteiger partial charge in [-0.3, -0.25) is 4.90 Å². The second-order valence-electron chi connectivity index (χ2n) is 7.65. The molecular formula is C19H31N3O4S. The Labute approximate surface area is 162 Å². The van der Waals surface area contributed by atoms with E-state index < -0.39 is 10.0 Å². The van der Waals surface area contributed by atoms with Gasteiger partial charge in [-0.1, -0.05) is 13.8 Å². The lowest BCUT2D eigenvalue weighted by atomic mass is 10.1. The van der Waals surface area contributed by atoms with Gasteiger partial charge in [-0.15, -0.1) is 0 Å². The SMILES string of the molecule is CC(C)CC1COc2cc(NCCCN3CCOCC3)ccc2S(=O)(=O)N1. The number of ether oxygens (including phenoxy) is 2. The van der Waals surface area contributed by atoms with Crippen LogP contribution in [-0.4, -0.2) is 65.4 Å². The second-order valence-corrected chi connectivity index (χ2v) is 9.34. The first-order chi connectivity index (χ1) is 12.9. The van der Waals surface area contributed by atoms with Crippen LogP contribution in [0.4, 0.5) is 5.69 Å². The summed E-state index contributed by atoms with van der Waals surface area (Å²) in [7, 11) is -3.55.